The van der Waals surface area contributed by atoms with Gasteiger partial charge in [-0.15, -0.1) is 5.10 Å². The number of rotatable bonds is 1. The van der Waals surface area contributed by atoms with Crippen molar-refractivity contribution in [3.63, 3.8) is 0 Å². The Balaban J connectivity index is 2.06. The molecule has 0 saturated carbocycles. The molecule has 1 unspecified atom stereocenters. The van der Waals surface area contributed by atoms with Crippen LogP contribution in [-0.4, -0.2) is 44.4 Å². The van der Waals surface area contributed by atoms with Crippen molar-refractivity contribution in [2.45, 2.75) is 13.3 Å². The SMILES string of the molecule is CC1CN(C(=O)c2csnn2)CCC1=NO. The smallest absolute Gasteiger partial charge is 0.275 e. The maximum atomic E-state index is 11.9. The highest BCUT2D eigenvalue weighted by Crippen LogP contribution is 2.16. The van der Waals surface area contributed by atoms with E-state index in [2.05, 4.69) is 14.7 Å². The van der Waals surface area contributed by atoms with Gasteiger partial charge in [0.25, 0.3) is 5.91 Å². The Morgan fingerprint density at radius 3 is 3.12 bits per heavy atom. The van der Waals surface area contributed by atoms with Gasteiger partial charge in [-0.2, -0.15) is 0 Å². The molecule has 1 aromatic rings. The molecule has 6 nitrogen and oxygen atoms in total. The van der Waals surface area contributed by atoms with Crippen LogP contribution in [0.3, 0.4) is 0 Å². The van der Waals surface area contributed by atoms with Gasteiger partial charge in [0.2, 0.25) is 0 Å². The second-order valence-electron chi connectivity index (χ2n) is 3.78. The van der Waals surface area contributed by atoms with Crippen molar-refractivity contribution in [1.29, 1.82) is 0 Å². The third-order valence-corrected chi connectivity index (χ3v) is 3.20. The summed E-state index contributed by atoms with van der Waals surface area (Å²) in [6, 6.07) is 0. The largest absolute Gasteiger partial charge is 0.411 e. The molecule has 1 N–H and O–H groups in total. The molecule has 1 fully saturated rings. The van der Waals surface area contributed by atoms with Gasteiger partial charge in [-0.25, -0.2) is 0 Å². The second-order valence-corrected chi connectivity index (χ2v) is 4.39. The molecule has 0 aromatic carbocycles. The average molecular weight is 240 g/mol. The quantitative estimate of drug-likeness (QED) is 0.583. The van der Waals surface area contributed by atoms with Crippen LogP contribution in [0.4, 0.5) is 0 Å². The number of amides is 1. The molecule has 0 bridgehead atoms. The molecule has 86 valence electrons. The molecule has 0 spiro atoms. The minimum absolute atomic E-state index is 0.0919. The van der Waals surface area contributed by atoms with E-state index in [-0.39, 0.29) is 11.8 Å². The standard InChI is InChI=1S/C9H12N4O2S/c1-6-4-13(3-2-7(6)11-15)9(14)8-5-16-12-10-8/h5-6,15H,2-4H2,1H3. The summed E-state index contributed by atoms with van der Waals surface area (Å²) in [7, 11) is 0. The maximum absolute atomic E-state index is 11.9. The number of hydrogen-bond donors (Lipinski definition) is 1. The van der Waals surface area contributed by atoms with E-state index in [1.165, 1.54) is 11.5 Å². The molecule has 1 saturated heterocycles. The molecule has 1 atom stereocenters. The van der Waals surface area contributed by atoms with Crippen molar-refractivity contribution < 1.29 is 10.0 Å². The van der Waals surface area contributed by atoms with Crippen molar-refractivity contribution in [3.8, 4) is 0 Å². The topological polar surface area (TPSA) is 78.7 Å². The molecular weight excluding hydrogens is 228 g/mol. The first-order valence-corrected chi connectivity index (χ1v) is 5.83. The lowest BCUT2D eigenvalue weighted by Gasteiger charge is -2.30. The number of nitrogens with zero attached hydrogens (tertiary/aromatic N) is 4. The van der Waals surface area contributed by atoms with Crippen LogP contribution in [0.2, 0.25) is 0 Å². The van der Waals surface area contributed by atoms with E-state index in [0.29, 0.717) is 25.2 Å². The van der Waals surface area contributed by atoms with Crippen LogP contribution in [0.1, 0.15) is 23.8 Å². The lowest BCUT2D eigenvalue weighted by molar-refractivity contribution is 0.0728. The number of oxime groups is 1. The summed E-state index contributed by atoms with van der Waals surface area (Å²) in [6.45, 7) is 3.07. The maximum Gasteiger partial charge on any atom is 0.275 e. The lowest BCUT2D eigenvalue weighted by atomic mass is 9.97. The number of hydrogen-bond acceptors (Lipinski definition) is 6. The number of aromatic nitrogens is 2. The van der Waals surface area contributed by atoms with E-state index in [0.717, 1.165) is 5.71 Å². The van der Waals surface area contributed by atoms with Crippen LogP contribution in [0.5, 0.6) is 0 Å². The van der Waals surface area contributed by atoms with Gasteiger partial charge in [0.1, 0.15) is 0 Å². The zero-order valence-electron chi connectivity index (χ0n) is 8.83. The van der Waals surface area contributed by atoms with E-state index in [1.54, 1.807) is 10.3 Å². The van der Waals surface area contributed by atoms with Gasteiger partial charge < -0.3 is 10.1 Å². The highest BCUT2D eigenvalue weighted by atomic mass is 32.1. The van der Waals surface area contributed by atoms with E-state index in [1.807, 2.05) is 6.92 Å². The highest BCUT2D eigenvalue weighted by Gasteiger charge is 2.27. The predicted octanol–water partition coefficient (Wildman–Crippen LogP) is 0.850. The Kier molecular flexibility index (Phi) is 3.14. The summed E-state index contributed by atoms with van der Waals surface area (Å²) in [4.78, 5) is 13.6. The Hall–Kier alpha value is -1.50. The van der Waals surface area contributed by atoms with Crippen LogP contribution < -0.4 is 0 Å². The minimum atomic E-state index is -0.0995. The summed E-state index contributed by atoms with van der Waals surface area (Å²) >= 11 is 1.17. The first-order chi connectivity index (χ1) is 7.72. The van der Waals surface area contributed by atoms with Crippen molar-refractivity contribution >= 4 is 23.2 Å². The van der Waals surface area contributed by atoms with Gasteiger partial charge in [-0.1, -0.05) is 16.6 Å². The monoisotopic (exact) mass is 240 g/mol. The first-order valence-electron chi connectivity index (χ1n) is 4.99. The van der Waals surface area contributed by atoms with Gasteiger partial charge in [0.15, 0.2) is 5.69 Å². The van der Waals surface area contributed by atoms with Crippen LogP contribution in [-0.2, 0) is 0 Å². The molecule has 1 aliphatic rings. The van der Waals surface area contributed by atoms with Gasteiger partial charge >= 0.3 is 0 Å². The minimum Gasteiger partial charge on any atom is -0.411 e. The summed E-state index contributed by atoms with van der Waals surface area (Å²) in [5.74, 6) is -0.00751. The van der Waals surface area contributed by atoms with Crippen LogP contribution in [0, 0.1) is 5.92 Å². The molecule has 2 heterocycles. The Bertz CT molecular complexity index is 404. The lowest BCUT2D eigenvalue weighted by Crippen LogP contribution is -2.43. The van der Waals surface area contributed by atoms with Crippen LogP contribution >= 0.6 is 11.5 Å². The summed E-state index contributed by atoms with van der Waals surface area (Å²) in [6.07, 6.45) is 0.612. The fourth-order valence-electron chi connectivity index (χ4n) is 1.78. The fourth-order valence-corrected chi connectivity index (χ4v) is 2.21. The normalized spacial score (nSPS) is 23.7. The molecule has 7 heteroatoms. The molecular formula is C9H12N4O2S. The fraction of sp³-hybridized carbons (Fsp3) is 0.556. The third-order valence-electron chi connectivity index (χ3n) is 2.70. The predicted molar refractivity (Wildman–Crippen MR) is 58.8 cm³/mol. The Labute approximate surface area is 96.7 Å². The second kappa shape index (κ2) is 4.56. The van der Waals surface area contributed by atoms with Crippen molar-refractivity contribution in [1.82, 2.24) is 14.5 Å². The number of likely N-dealkylation sites (tertiary alicyclic amines) is 1. The molecule has 1 aromatic heterocycles. The van der Waals surface area contributed by atoms with Crippen LogP contribution in [0.25, 0.3) is 0 Å². The zero-order valence-corrected chi connectivity index (χ0v) is 9.65. The highest BCUT2D eigenvalue weighted by molar-refractivity contribution is 7.03. The van der Waals surface area contributed by atoms with E-state index in [4.69, 9.17) is 5.21 Å². The first kappa shape index (κ1) is 11.0. The van der Waals surface area contributed by atoms with Gasteiger partial charge in [-0.3, -0.25) is 4.79 Å². The summed E-state index contributed by atoms with van der Waals surface area (Å²) < 4.78 is 3.67. The number of carbonyl (C=O) groups excluding carboxylic acids is 1. The molecule has 0 radical (unpaired) electrons. The van der Waals surface area contributed by atoms with Crippen molar-refractivity contribution in [2.24, 2.45) is 11.1 Å². The van der Waals surface area contributed by atoms with Crippen molar-refractivity contribution in [2.75, 3.05) is 13.1 Å². The van der Waals surface area contributed by atoms with E-state index >= 15 is 0 Å². The molecule has 1 amide bonds. The van der Waals surface area contributed by atoms with E-state index < -0.39 is 0 Å². The number of piperidine rings is 1. The van der Waals surface area contributed by atoms with Gasteiger partial charge in [0.05, 0.1) is 5.71 Å². The zero-order chi connectivity index (χ0) is 11.5. The Morgan fingerprint density at radius 1 is 1.75 bits per heavy atom. The Morgan fingerprint density at radius 2 is 2.56 bits per heavy atom. The molecule has 0 aliphatic carbocycles. The molecule has 2 rings (SSSR count). The summed E-state index contributed by atoms with van der Waals surface area (Å²) in [5.41, 5.74) is 1.14. The average Bonchev–Trinajstić information content (AvgIpc) is 2.81. The van der Waals surface area contributed by atoms with Crippen molar-refractivity contribution in [3.05, 3.63) is 11.1 Å². The van der Waals surface area contributed by atoms with Gasteiger partial charge in [0, 0.05) is 30.8 Å². The molecule has 1 aliphatic heterocycles. The number of carbonyl (C=O) groups is 1. The van der Waals surface area contributed by atoms with E-state index in [9.17, 15) is 4.79 Å². The third kappa shape index (κ3) is 2.04. The summed E-state index contributed by atoms with van der Waals surface area (Å²) in [5, 5.41) is 17.4. The van der Waals surface area contributed by atoms with Gasteiger partial charge in [-0.05, 0) is 11.5 Å². The molecule has 16 heavy (non-hydrogen) atoms. The van der Waals surface area contributed by atoms with Crippen LogP contribution in [0.15, 0.2) is 10.5 Å².